The summed E-state index contributed by atoms with van der Waals surface area (Å²) in [5, 5.41) is 2.76. The van der Waals surface area contributed by atoms with Gasteiger partial charge in [-0.2, -0.15) is 0 Å². The van der Waals surface area contributed by atoms with Crippen molar-refractivity contribution in [3.8, 4) is 0 Å². The minimum Gasteiger partial charge on any atom is -0.348 e. The molecule has 1 aliphatic carbocycles. The molecule has 0 aromatic heterocycles. The van der Waals surface area contributed by atoms with Crippen molar-refractivity contribution in [3.05, 3.63) is 58.6 Å². The lowest BCUT2D eigenvalue weighted by Crippen LogP contribution is -2.39. The van der Waals surface area contributed by atoms with Crippen LogP contribution in [0.15, 0.2) is 48.2 Å². The zero-order valence-electron chi connectivity index (χ0n) is 9.70. The maximum absolute atomic E-state index is 2.29. The van der Waals surface area contributed by atoms with E-state index in [4.69, 9.17) is 0 Å². The zero-order valence-corrected chi connectivity index (χ0v) is 9.70. The van der Waals surface area contributed by atoms with Crippen molar-refractivity contribution in [1.29, 1.82) is 0 Å². The van der Waals surface area contributed by atoms with E-state index in [1.807, 2.05) is 0 Å². The van der Waals surface area contributed by atoms with Gasteiger partial charge in [0, 0.05) is 23.7 Å². The van der Waals surface area contributed by atoms with Crippen LogP contribution in [0, 0.1) is 0 Å². The first-order chi connectivity index (χ1) is 7.79. The van der Waals surface area contributed by atoms with Crippen molar-refractivity contribution in [2.45, 2.75) is 13.3 Å². The predicted molar refractivity (Wildman–Crippen MR) is 67.8 cm³/mol. The highest BCUT2D eigenvalue weighted by Crippen LogP contribution is 2.26. The Labute approximate surface area is 95.7 Å². The largest absolute Gasteiger partial charge is 0.348 e. The van der Waals surface area contributed by atoms with E-state index in [0.29, 0.717) is 0 Å². The molecule has 0 unspecified atom stereocenters. The van der Waals surface area contributed by atoms with Crippen molar-refractivity contribution in [1.82, 2.24) is 4.90 Å². The molecule has 1 heteroatoms. The lowest BCUT2D eigenvalue weighted by molar-refractivity contribution is 0.599. The molecule has 0 saturated carbocycles. The summed E-state index contributed by atoms with van der Waals surface area (Å²) in [5.41, 5.74) is 4.13. The van der Waals surface area contributed by atoms with Crippen LogP contribution in [0.4, 0.5) is 0 Å². The van der Waals surface area contributed by atoms with E-state index in [-0.39, 0.29) is 0 Å². The summed E-state index contributed by atoms with van der Waals surface area (Å²) < 4.78 is 0. The summed E-state index contributed by atoms with van der Waals surface area (Å²) in [6.45, 7) is 2.19. The molecular formula is C15H15N. The third-order valence-electron chi connectivity index (χ3n) is 3.53. The smallest absolute Gasteiger partial charge is 0.0447 e. The van der Waals surface area contributed by atoms with Gasteiger partial charge in [0.1, 0.15) is 0 Å². The Kier molecular flexibility index (Phi) is 2.00. The van der Waals surface area contributed by atoms with Gasteiger partial charge in [-0.15, -0.1) is 0 Å². The normalized spacial score (nSPS) is 18.1. The predicted octanol–water partition coefficient (Wildman–Crippen LogP) is 1.75. The fraction of sp³-hybridized carbons (Fsp3) is 0.200. The molecule has 1 nitrogen and oxygen atoms in total. The molecule has 0 bridgehead atoms. The maximum atomic E-state index is 2.29. The summed E-state index contributed by atoms with van der Waals surface area (Å²) >= 11 is 0. The van der Waals surface area contributed by atoms with Gasteiger partial charge in [-0.05, 0) is 30.2 Å². The van der Waals surface area contributed by atoms with Crippen molar-refractivity contribution in [2.24, 2.45) is 0 Å². The first kappa shape index (κ1) is 9.46. The van der Waals surface area contributed by atoms with Gasteiger partial charge in [0.25, 0.3) is 0 Å². The van der Waals surface area contributed by atoms with Crippen molar-refractivity contribution in [2.75, 3.05) is 7.05 Å². The number of nitrogens with zero attached hydrogens (tertiary/aromatic N) is 1. The van der Waals surface area contributed by atoms with E-state index in [0.717, 1.165) is 6.42 Å². The number of benzene rings is 1. The van der Waals surface area contributed by atoms with Gasteiger partial charge in [0.15, 0.2) is 0 Å². The van der Waals surface area contributed by atoms with Gasteiger partial charge in [0.2, 0.25) is 0 Å². The average molecular weight is 209 g/mol. The third-order valence-corrected chi connectivity index (χ3v) is 3.53. The maximum Gasteiger partial charge on any atom is 0.0447 e. The Balaban J connectivity index is 2.48. The number of hydrogen-bond donors (Lipinski definition) is 0. The van der Waals surface area contributed by atoms with E-state index in [1.165, 1.54) is 27.4 Å². The second kappa shape index (κ2) is 3.38. The summed E-state index contributed by atoms with van der Waals surface area (Å²) in [6, 6.07) is 8.68. The van der Waals surface area contributed by atoms with E-state index in [2.05, 4.69) is 61.4 Å². The summed E-state index contributed by atoms with van der Waals surface area (Å²) in [4.78, 5) is 2.29. The van der Waals surface area contributed by atoms with Crippen molar-refractivity contribution in [3.63, 3.8) is 0 Å². The molecule has 80 valence electrons. The molecule has 0 N–H and O–H groups in total. The van der Waals surface area contributed by atoms with Gasteiger partial charge >= 0.3 is 0 Å². The number of hydrogen-bond acceptors (Lipinski definition) is 1. The highest BCUT2D eigenvalue weighted by molar-refractivity contribution is 5.73. The molecule has 0 radical (unpaired) electrons. The number of fused-ring (bicyclic) bond motifs is 2. The standard InChI is InChI=1S/C15H15N/c1-11-12-7-3-4-8-13(12)14-9-5-6-10-15(14)16(11)2/h3-8,10H,9H2,1-2H3. The topological polar surface area (TPSA) is 3.24 Å². The molecule has 0 amide bonds. The van der Waals surface area contributed by atoms with Gasteiger partial charge in [-0.25, -0.2) is 0 Å². The molecule has 0 fully saturated rings. The second-order valence-corrected chi connectivity index (χ2v) is 4.35. The van der Waals surface area contributed by atoms with E-state index in [9.17, 15) is 0 Å². The van der Waals surface area contributed by atoms with Crippen LogP contribution in [0.2, 0.25) is 0 Å². The zero-order chi connectivity index (χ0) is 11.1. The molecule has 0 saturated heterocycles. The highest BCUT2D eigenvalue weighted by atomic mass is 15.1. The molecule has 0 spiro atoms. The van der Waals surface area contributed by atoms with Gasteiger partial charge in [-0.3, -0.25) is 0 Å². The summed E-state index contributed by atoms with van der Waals surface area (Å²) in [5.74, 6) is 0. The molecule has 3 rings (SSSR count). The Hall–Kier alpha value is -1.76. The minimum atomic E-state index is 1.04. The van der Waals surface area contributed by atoms with Crippen LogP contribution in [0.1, 0.15) is 13.3 Å². The number of allylic oxidation sites excluding steroid dienone is 4. The van der Waals surface area contributed by atoms with E-state index >= 15 is 0 Å². The highest BCUT2D eigenvalue weighted by Gasteiger charge is 2.18. The van der Waals surface area contributed by atoms with Crippen LogP contribution in [-0.2, 0) is 0 Å². The van der Waals surface area contributed by atoms with Crippen LogP contribution in [-0.4, -0.2) is 11.9 Å². The Bertz CT molecular complexity index is 617. The molecule has 1 heterocycles. The molecule has 2 aliphatic rings. The SMILES string of the molecule is CC1=c2ccccc2=C2CC=CC=C2N1C. The van der Waals surface area contributed by atoms with Crippen LogP contribution in [0.25, 0.3) is 11.3 Å². The quantitative estimate of drug-likeness (QED) is 0.629. The first-order valence-electron chi connectivity index (χ1n) is 5.69. The van der Waals surface area contributed by atoms with E-state index < -0.39 is 0 Å². The van der Waals surface area contributed by atoms with Gasteiger partial charge < -0.3 is 4.90 Å². The monoisotopic (exact) mass is 209 g/mol. The third kappa shape index (κ3) is 1.18. The second-order valence-electron chi connectivity index (χ2n) is 4.35. The molecule has 0 atom stereocenters. The fourth-order valence-corrected chi connectivity index (χ4v) is 2.54. The number of rotatable bonds is 0. The molecule has 1 aromatic rings. The first-order valence-corrected chi connectivity index (χ1v) is 5.69. The van der Waals surface area contributed by atoms with Gasteiger partial charge in [0.05, 0.1) is 0 Å². The van der Waals surface area contributed by atoms with Crippen molar-refractivity contribution >= 4 is 11.3 Å². The molecule has 16 heavy (non-hydrogen) atoms. The lowest BCUT2D eigenvalue weighted by atomic mass is 9.95. The summed E-state index contributed by atoms with van der Waals surface area (Å²) in [7, 11) is 2.15. The molecule has 1 aliphatic heterocycles. The Morgan fingerprint density at radius 2 is 1.88 bits per heavy atom. The van der Waals surface area contributed by atoms with Crippen LogP contribution < -0.4 is 10.4 Å². The average Bonchev–Trinajstić information content (AvgIpc) is 2.36. The molecular weight excluding hydrogens is 194 g/mol. The van der Waals surface area contributed by atoms with E-state index in [1.54, 1.807) is 0 Å². The van der Waals surface area contributed by atoms with Crippen LogP contribution in [0.3, 0.4) is 0 Å². The van der Waals surface area contributed by atoms with Crippen LogP contribution >= 0.6 is 0 Å². The minimum absolute atomic E-state index is 1.04. The Morgan fingerprint density at radius 1 is 1.12 bits per heavy atom. The van der Waals surface area contributed by atoms with Crippen LogP contribution in [0.5, 0.6) is 0 Å². The molecule has 1 aromatic carbocycles. The summed E-state index contributed by atoms with van der Waals surface area (Å²) in [6.07, 6.45) is 7.62. The van der Waals surface area contributed by atoms with Gasteiger partial charge in [-0.1, -0.05) is 36.4 Å². The Morgan fingerprint density at radius 3 is 2.69 bits per heavy atom. The lowest BCUT2D eigenvalue weighted by Gasteiger charge is -2.30. The van der Waals surface area contributed by atoms with Crippen molar-refractivity contribution < 1.29 is 0 Å². The fourth-order valence-electron chi connectivity index (χ4n) is 2.54.